The molecule has 0 aromatic heterocycles. The third-order valence-corrected chi connectivity index (χ3v) is 21.7. The topological polar surface area (TPSA) is 267 Å². The molecule has 21 nitrogen and oxygen atoms in total. The molecule has 0 aromatic rings. The summed E-state index contributed by atoms with van der Waals surface area (Å²) in [5.41, 5.74) is 5.41. The first kappa shape index (κ1) is 103. The summed E-state index contributed by atoms with van der Waals surface area (Å²) in [4.78, 5) is 142. The van der Waals surface area contributed by atoms with E-state index in [1.165, 1.54) is 56.3 Å². The second-order valence-electron chi connectivity index (χ2n) is 31.5. The van der Waals surface area contributed by atoms with Crippen molar-refractivity contribution in [1.29, 1.82) is 0 Å². The van der Waals surface area contributed by atoms with E-state index in [4.69, 9.17) is 5.73 Å². The Morgan fingerprint density at radius 3 is 0.741 bits per heavy atom. The van der Waals surface area contributed by atoms with E-state index < -0.39 is 41.5 Å². The Hall–Kier alpha value is -4.89. The lowest BCUT2D eigenvalue weighted by Crippen LogP contribution is -2.53. The molecule has 0 aliphatic rings. The Bertz CT molecular complexity index is 2260. The van der Waals surface area contributed by atoms with Gasteiger partial charge in [-0.3, -0.25) is 43.2 Å². The largest absolute Gasteiger partial charge is 0.395 e. The quantitative estimate of drug-likeness (QED) is 0.0356. The van der Waals surface area contributed by atoms with Crippen molar-refractivity contribution in [3.63, 3.8) is 0 Å². The summed E-state index contributed by atoms with van der Waals surface area (Å²) in [6, 6.07) is -0.714. The number of nitrogens with two attached hydrogens (primary N) is 1. The van der Waals surface area contributed by atoms with Crippen LogP contribution in [0.1, 0.15) is 371 Å². The third kappa shape index (κ3) is 55.5. The molecule has 0 saturated heterocycles. The van der Waals surface area contributed by atoms with Crippen LogP contribution < -0.4 is 16.4 Å². The molecule has 0 rings (SSSR count). The maximum atomic E-state index is 15.6. The number of rotatable bonds is 78. The fourth-order valence-electron chi connectivity index (χ4n) is 14.1. The lowest BCUT2D eigenvalue weighted by Gasteiger charge is -2.34. The Kier molecular flexibility index (Phi) is 69.1. The highest BCUT2D eigenvalue weighted by atomic mass is 16.3. The molecule has 0 heterocycles. The minimum Gasteiger partial charge on any atom is -0.395 e. The van der Waals surface area contributed by atoms with E-state index in [1.807, 2.05) is 0 Å². The number of unbranched alkanes of at least 4 members (excludes halogenated alkanes) is 37. The van der Waals surface area contributed by atoms with E-state index in [9.17, 15) is 29.4 Å². The lowest BCUT2D eigenvalue weighted by atomic mass is 9.98. The number of hydrogen-bond donors (Lipinski definition) is 5. The molecule has 0 bridgehead atoms. The molecule has 0 radical (unpaired) electrons. The molecule has 0 saturated carbocycles. The number of hydrogen-bond acceptors (Lipinski definition) is 12. The van der Waals surface area contributed by atoms with Crippen molar-refractivity contribution < 1.29 is 53.4 Å². The van der Waals surface area contributed by atoms with Crippen molar-refractivity contribution in [2.24, 2.45) is 17.6 Å². The molecule has 0 aliphatic carbocycles. The number of primary amides is 1. The Morgan fingerprint density at radius 2 is 0.500 bits per heavy atom. The van der Waals surface area contributed by atoms with Gasteiger partial charge >= 0.3 is 0 Å². The molecular formula is C87H168N10O11. The van der Waals surface area contributed by atoms with Gasteiger partial charge in [-0.25, -0.2) is 0 Å². The SMILES string of the molecule is CCCCCCCCCCN(CC(=O)NCC(N)=O)C(=O)CN(CCCCCCCCCC)C(=O)CN(CC(CC)CCCC)C(=O)CN(CCCCCCCCCC)C(=O)CN(CCCCCCCCCC)C(=O)CN(CCCCCCCCCC)C(=O)CN(CC(CC)CCCC)C(=O)CNC(CO)CO. The normalized spacial score (nSPS) is 11.9. The van der Waals surface area contributed by atoms with Gasteiger partial charge in [-0.2, -0.15) is 0 Å². The molecule has 9 amide bonds. The molecule has 632 valence electrons. The van der Waals surface area contributed by atoms with E-state index in [1.54, 1.807) is 29.4 Å². The second kappa shape index (κ2) is 72.4. The fourth-order valence-corrected chi connectivity index (χ4v) is 14.1. The molecule has 0 spiro atoms. The third-order valence-electron chi connectivity index (χ3n) is 21.7. The van der Waals surface area contributed by atoms with E-state index in [0.717, 1.165) is 225 Å². The number of aliphatic hydroxyl groups excluding tert-OH is 2. The number of aliphatic hydroxyl groups is 2. The van der Waals surface area contributed by atoms with Gasteiger partial charge in [0.1, 0.15) is 0 Å². The van der Waals surface area contributed by atoms with Crippen LogP contribution in [0.2, 0.25) is 0 Å². The minimum atomic E-state index is -0.714. The average Bonchev–Trinajstić information content (AvgIpc) is 0.869. The molecule has 108 heavy (non-hydrogen) atoms. The van der Waals surface area contributed by atoms with Crippen molar-refractivity contribution in [3.05, 3.63) is 0 Å². The number of amides is 9. The molecule has 0 fully saturated rings. The standard InChI is InChI=1S/C87H168N10O11/c1-10-19-26-31-36-41-46-51-58-91(67-80(101)90-63-79(88)100)82(103)68-93(60-53-48-43-38-33-28-21-12-3)86(107)73-97(66-77(18-9)57-25-16-7)87(108)71-95(62-55-50-45-40-35-30-23-14-5)84(105)69-92(59-52-47-42-37-32-27-20-11-2)83(104)70-94(61-54-49-44-39-34-29-22-13-4)85(106)72-96(65-76(17-8)56-24-15-6)81(102)64-89-78(74-98)75-99/h76-78,89,98-99H,10-75H2,1-9H3,(H2,88,100)(H,90,101). The molecule has 6 N–H and O–H groups in total. The summed E-state index contributed by atoms with van der Waals surface area (Å²) >= 11 is 0. The summed E-state index contributed by atoms with van der Waals surface area (Å²) in [5, 5.41) is 25.3. The number of carbonyl (C=O) groups is 9. The Morgan fingerprint density at radius 1 is 0.278 bits per heavy atom. The molecule has 2 atom stereocenters. The number of carbonyl (C=O) groups excluding carboxylic acids is 9. The van der Waals surface area contributed by atoms with Crippen LogP contribution in [0.25, 0.3) is 0 Å². The van der Waals surface area contributed by atoms with Crippen LogP contribution in [0.5, 0.6) is 0 Å². The highest BCUT2D eigenvalue weighted by molar-refractivity contribution is 5.93. The molecule has 0 aromatic carbocycles. The van der Waals surface area contributed by atoms with Gasteiger partial charge in [0.2, 0.25) is 53.2 Å². The van der Waals surface area contributed by atoms with Gasteiger partial charge in [-0.1, -0.05) is 326 Å². The molecule has 2 unspecified atom stereocenters. The van der Waals surface area contributed by atoms with E-state index in [-0.39, 0.29) is 141 Å². The zero-order chi connectivity index (χ0) is 80.1. The van der Waals surface area contributed by atoms with Crippen LogP contribution in [0.4, 0.5) is 0 Å². The van der Waals surface area contributed by atoms with Gasteiger partial charge in [0.25, 0.3) is 0 Å². The van der Waals surface area contributed by atoms with Crippen molar-refractivity contribution in [2.75, 3.05) is 118 Å². The number of nitrogens with zero attached hydrogens (tertiary/aromatic N) is 7. The average molecular weight is 1530 g/mol. The summed E-state index contributed by atoms with van der Waals surface area (Å²) in [5.74, 6) is -3.75. The van der Waals surface area contributed by atoms with Crippen LogP contribution in [0, 0.1) is 11.8 Å². The summed E-state index contributed by atoms with van der Waals surface area (Å²) in [7, 11) is 0. The van der Waals surface area contributed by atoms with Crippen LogP contribution in [-0.2, 0) is 43.2 Å². The summed E-state index contributed by atoms with van der Waals surface area (Å²) < 4.78 is 0. The second-order valence-corrected chi connectivity index (χ2v) is 31.5. The molecule has 0 aliphatic heterocycles. The molecular weight excluding hydrogens is 1360 g/mol. The van der Waals surface area contributed by atoms with Crippen molar-refractivity contribution in [3.8, 4) is 0 Å². The Balaban J connectivity index is 7.98. The number of nitrogens with one attached hydrogen (secondary N) is 2. The zero-order valence-electron chi connectivity index (χ0n) is 71.2. The van der Waals surface area contributed by atoms with Crippen molar-refractivity contribution >= 4 is 53.2 Å². The van der Waals surface area contributed by atoms with Gasteiger partial charge in [0.15, 0.2) is 0 Å². The van der Waals surface area contributed by atoms with Crippen molar-refractivity contribution in [2.45, 2.75) is 377 Å². The van der Waals surface area contributed by atoms with Gasteiger partial charge in [0, 0.05) is 45.8 Å². The first-order valence-corrected chi connectivity index (χ1v) is 44.8. The highest BCUT2D eigenvalue weighted by Gasteiger charge is 2.32. The first-order valence-electron chi connectivity index (χ1n) is 44.8. The summed E-state index contributed by atoms with van der Waals surface area (Å²) in [6.07, 6.45) is 47.9. The van der Waals surface area contributed by atoms with E-state index >= 15 is 24.0 Å². The van der Waals surface area contributed by atoms with Gasteiger partial charge in [-0.15, -0.1) is 0 Å². The lowest BCUT2D eigenvalue weighted by molar-refractivity contribution is -0.149. The predicted molar refractivity (Wildman–Crippen MR) is 444 cm³/mol. The van der Waals surface area contributed by atoms with Crippen LogP contribution in [-0.4, -0.2) is 222 Å². The van der Waals surface area contributed by atoms with Crippen molar-refractivity contribution in [1.82, 2.24) is 44.9 Å². The van der Waals surface area contributed by atoms with Gasteiger partial charge in [0.05, 0.1) is 78.2 Å². The predicted octanol–water partition coefficient (Wildman–Crippen LogP) is 15.5. The fraction of sp³-hybridized carbons (Fsp3) is 0.897. The zero-order valence-corrected chi connectivity index (χ0v) is 71.2. The smallest absolute Gasteiger partial charge is 0.242 e. The summed E-state index contributed by atoms with van der Waals surface area (Å²) in [6.45, 7) is 17.9. The van der Waals surface area contributed by atoms with E-state index in [2.05, 4.69) is 72.9 Å². The Labute approximate surface area is 660 Å². The first-order chi connectivity index (χ1) is 52.4. The minimum absolute atomic E-state index is 0.0412. The maximum absolute atomic E-state index is 15.6. The highest BCUT2D eigenvalue weighted by Crippen LogP contribution is 2.21. The van der Waals surface area contributed by atoms with Crippen LogP contribution >= 0.6 is 0 Å². The maximum Gasteiger partial charge on any atom is 0.242 e. The van der Waals surface area contributed by atoms with Gasteiger partial charge < -0.3 is 60.9 Å². The monoisotopic (exact) mass is 1530 g/mol. The van der Waals surface area contributed by atoms with Crippen LogP contribution in [0.15, 0.2) is 0 Å². The van der Waals surface area contributed by atoms with Crippen LogP contribution in [0.3, 0.4) is 0 Å². The molecule has 21 heteroatoms. The van der Waals surface area contributed by atoms with E-state index in [0.29, 0.717) is 38.6 Å². The van der Waals surface area contributed by atoms with Gasteiger partial charge in [-0.05, 0) is 56.8 Å².